The Kier molecular flexibility index (Phi) is 5.49. The summed E-state index contributed by atoms with van der Waals surface area (Å²) in [6.07, 6.45) is 7.43. The molecule has 0 bridgehead atoms. The molecule has 0 spiro atoms. The van der Waals surface area contributed by atoms with Crippen LogP contribution >= 0.6 is 0 Å². The Bertz CT molecular complexity index is 292. The van der Waals surface area contributed by atoms with Crippen LogP contribution < -0.4 is 5.32 Å². The first-order chi connectivity index (χ1) is 9.24. The van der Waals surface area contributed by atoms with Gasteiger partial charge in [-0.25, -0.2) is 4.79 Å². The molecule has 0 aromatic carbocycles. The molecule has 0 aromatic rings. The number of nitrogens with one attached hydrogen (secondary N) is 1. The van der Waals surface area contributed by atoms with Gasteiger partial charge < -0.3 is 10.1 Å². The summed E-state index contributed by atoms with van der Waals surface area (Å²) in [5, 5.41) is 3.00. The molecule has 1 saturated carbocycles. The molecule has 1 aliphatic heterocycles. The van der Waals surface area contributed by atoms with Crippen LogP contribution in [0.4, 0.5) is 4.79 Å². The van der Waals surface area contributed by atoms with Gasteiger partial charge in [0.15, 0.2) is 0 Å². The van der Waals surface area contributed by atoms with Gasteiger partial charge in [0.05, 0.1) is 6.61 Å². The first-order valence-corrected chi connectivity index (χ1v) is 7.92. The van der Waals surface area contributed by atoms with Crippen LogP contribution in [0.25, 0.3) is 0 Å². The van der Waals surface area contributed by atoms with Crippen molar-refractivity contribution < 1.29 is 9.53 Å². The first kappa shape index (κ1) is 14.6. The second-order valence-electron chi connectivity index (χ2n) is 5.87. The Balaban J connectivity index is 1.83. The number of ether oxygens (including phenoxy) is 1. The maximum absolute atomic E-state index is 11.5. The fourth-order valence-corrected chi connectivity index (χ4v) is 3.48. The van der Waals surface area contributed by atoms with Gasteiger partial charge >= 0.3 is 6.09 Å². The standard InChI is InChI=1S/C15H28N2O2/c1-3-14(12-7-5-8-12)17-10-6-9-13(11-17)16-15(18)19-4-2/h12-14H,3-11H2,1-2H3,(H,16,18). The lowest BCUT2D eigenvalue weighted by atomic mass is 9.77. The molecule has 1 N–H and O–H groups in total. The zero-order valence-corrected chi connectivity index (χ0v) is 12.4. The Hall–Kier alpha value is -0.770. The lowest BCUT2D eigenvalue weighted by Gasteiger charge is -2.44. The SMILES string of the molecule is CCOC(=O)NC1CCCN(C(CC)C2CCC2)C1. The molecule has 1 saturated heterocycles. The molecule has 2 rings (SSSR count). The lowest BCUT2D eigenvalue weighted by Crippen LogP contribution is -2.53. The number of hydrogen-bond acceptors (Lipinski definition) is 3. The molecule has 2 fully saturated rings. The van der Waals surface area contributed by atoms with Crippen molar-refractivity contribution in [2.24, 2.45) is 5.92 Å². The van der Waals surface area contributed by atoms with Gasteiger partial charge in [-0.2, -0.15) is 0 Å². The maximum Gasteiger partial charge on any atom is 0.407 e. The van der Waals surface area contributed by atoms with Crippen LogP contribution in [0.2, 0.25) is 0 Å². The Morgan fingerprint density at radius 3 is 2.68 bits per heavy atom. The maximum atomic E-state index is 11.5. The second kappa shape index (κ2) is 7.13. The van der Waals surface area contributed by atoms with E-state index in [2.05, 4.69) is 17.1 Å². The molecule has 4 heteroatoms. The molecule has 1 aliphatic carbocycles. The zero-order valence-electron chi connectivity index (χ0n) is 12.4. The fraction of sp³-hybridized carbons (Fsp3) is 0.933. The van der Waals surface area contributed by atoms with Gasteiger partial charge in [0, 0.05) is 18.6 Å². The van der Waals surface area contributed by atoms with Crippen molar-refractivity contribution in [1.82, 2.24) is 10.2 Å². The minimum Gasteiger partial charge on any atom is -0.450 e. The van der Waals surface area contributed by atoms with Gasteiger partial charge in [0.25, 0.3) is 0 Å². The molecule has 1 amide bonds. The molecule has 0 aromatic heterocycles. The number of likely N-dealkylation sites (tertiary alicyclic amines) is 1. The van der Waals surface area contributed by atoms with Crippen LogP contribution in [-0.4, -0.2) is 42.8 Å². The van der Waals surface area contributed by atoms with E-state index in [1.54, 1.807) is 0 Å². The average molecular weight is 268 g/mol. The van der Waals surface area contributed by atoms with Crippen LogP contribution in [0.1, 0.15) is 52.4 Å². The molecule has 110 valence electrons. The van der Waals surface area contributed by atoms with Gasteiger partial charge in [-0.1, -0.05) is 13.3 Å². The van der Waals surface area contributed by atoms with E-state index in [0.717, 1.165) is 24.9 Å². The van der Waals surface area contributed by atoms with E-state index >= 15 is 0 Å². The van der Waals surface area contributed by atoms with Crippen LogP contribution in [0.3, 0.4) is 0 Å². The number of carbonyl (C=O) groups excluding carboxylic acids is 1. The Morgan fingerprint density at radius 1 is 1.32 bits per heavy atom. The largest absolute Gasteiger partial charge is 0.450 e. The highest BCUT2D eigenvalue weighted by Crippen LogP contribution is 2.34. The summed E-state index contributed by atoms with van der Waals surface area (Å²) in [5.74, 6) is 0.895. The fourth-order valence-electron chi connectivity index (χ4n) is 3.48. The molecular weight excluding hydrogens is 240 g/mol. The first-order valence-electron chi connectivity index (χ1n) is 7.92. The minimum absolute atomic E-state index is 0.258. The summed E-state index contributed by atoms with van der Waals surface area (Å²) in [6.45, 7) is 6.77. The predicted molar refractivity (Wildman–Crippen MR) is 76.2 cm³/mol. The van der Waals surface area contributed by atoms with Gasteiger partial charge in [-0.15, -0.1) is 0 Å². The van der Waals surface area contributed by atoms with Crippen molar-refractivity contribution >= 4 is 6.09 Å². The summed E-state index contributed by atoms with van der Waals surface area (Å²) in [7, 11) is 0. The number of hydrogen-bond donors (Lipinski definition) is 1. The smallest absolute Gasteiger partial charge is 0.407 e. The van der Waals surface area contributed by atoms with Gasteiger partial charge in [-0.3, -0.25) is 4.90 Å². The van der Waals surface area contributed by atoms with E-state index in [4.69, 9.17) is 4.74 Å². The quantitative estimate of drug-likeness (QED) is 0.833. The topological polar surface area (TPSA) is 41.6 Å². The second-order valence-corrected chi connectivity index (χ2v) is 5.87. The molecule has 2 atom stereocenters. The van der Waals surface area contributed by atoms with E-state index in [-0.39, 0.29) is 12.1 Å². The number of rotatable bonds is 5. The third-order valence-electron chi connectivity index (χ3n) is 4.63. The third kappa shape index (κ3) is 3.85. The van der Waals surface area contributed by atoms with Crippen molar-refractivity contribution in [2.45, 2.75) is 64.5 Å². The van der Waals surface area contributed by atoms with Crippen molar-refractivity contribution in [3.63, 3.8) is 0 Å². The van der Waals surface area contributed by atoms with Crippen LogP contribution in [0.15, 0.2) is 0 Å². The minimum atomic E-state index is -0.258. The van der Waals surface area contributed by atoms with E-state index in [9.17, 15) is 4.79 Å². The summed E-state index contributed by atoms with van der Waals surface area (Å²) in [6, 6.07) is 0.988. The predicted octanol–water partition coefficient (Wildman–Crippen LogP) is 2.78. The highest BCUT2D eigenvalue weighted by molar-refractivity contribution is 5.67. The molecule has 19 heavy (non-hydrogen) atoms. The highest BCUT2D eigenvalue weighted by Gasteiger charge is 2.33. The van der Waals surface area contributed by atoms with Crippen LogP contribution in [0.5, 0.6) is 0 Å². The normalized spacial score (nSPS) is 26.5. The zero-order chi connectivity index (χ0) is 13.7. The Morgan fingerprint density at radius 2 is 2.11 bits per heavy atom. The summed E-state index contributed by atoms with van der Waals surface area (Å²) < 4.78 is 4.98. The van der Waals surface area contributed by atoms with Gasteiger partial charge in [0.1, 0.15) is 0 Å². The van der Waals surface area contributed by atoms with Crippen molar-refractivity contribution in [3.8, 4) is 0 Å². The van der Waals surface area contributed by atoms with Gasteiger partial charge in [-0.05, 0) is 51.5 Å². The summed E-state index contributed by atoms with van der Waals surface area (Å²) in [4.78, 5) is 14.1. The molecule has 4 nitrogen and oxygen atoms in total. The summed E-state index contributed by atoms with van der Waals surface area (Å²) >= 11 is 0. The Labute approximate surface area is 116 Å². The number of carbonyl (C=O) groups is 1. The molecule has 2 unspecified atom stereocenters. The molecular formula is C15H28N2O2. The van der Waals surface area contributed by atoms with E-state index in [0.29, 0.717) is 6.61 Å². The summed E-state index contributed by atoms with van der Waals surface area (Å²) in [5.41, 5.74) is 0. The molecule has 2 aliphatic rings. The third-order valence-corrected chi connectivity index (χ3v) is 4.63. The van der Waals surface area contributed by atoms with Gasteiger partial charge in [0.2, 0.25) is 0 Å². The van der Waals surface area contributed by atoms with Crippen molar-refractivity contribution in [3.05, 3.63) is 0 Å². The van der Waals surface area contributed by atoms with Crippen molar-refractivity contribution in [1.29, 1.82) is 0 Å². The van der Waals surface area contributed by atoms with Crippen LogP contribution in [0, 0.1) is 5.92 Å². The van der Waals surface area contributed by atoms with E-state index in [1.165, 1.54) is 38.6 Å². The van der Waals surface area contributed by atoms with E-state index in [1.807, 2.05) is 6.92 Å². The number of nitrogens with zero attached hydrogens (tertiary/aromatic N) is 1. The molecule has 0 radical (unpaired) electrons. The average Bonchev–Trinajstić information content (AvgIpc) is 2.34. The lowest BCUT2D eigenvalue weighted by molar-refractivity contribution is 0.0608. The monoisotopic (exact) mass is 268 g/mol. The van der Waals surface area contributed by atoms with Crippen molar-refractivity contribution in [2.75, 3.05) is 19.7 Å². The number of alkyl carbamates (subject to hydrolysis) is 1. The molecule has 1 heterocycles. The highest BCUT2D eigenvalue weighted by atomic mass is 16.5. The van der Waals surface area contributed by atoms with Crippen LogP contribution in [-0.2, 0) is 4.74 Å². The number of piperidine rings is 1. The van der Waals surface area contributed by atoms with E-state index < -0.39 is 0 Å². The number of amides is 1.